The van der Waals surface area contributed by atoms with Crippen LogP contribution in [-0.2, 0) is 0 Å². The third-order valence-electron chi connectivity index (χ3n) is 6.90. The molecule has 5 heteroatoms. The number of nitrogens with one attached hydrogen (secondary N) is 1. The van der Waals surface area contributed by atoms with E-state index in [9.17, 15) is 0 Å². The van der Waals surface area contributed by atoms with Gasteiger partial charge in [-0.15, -0.1) is 0 Å². The summed E-state index contributed by atoms with van der Waals surface area (Å²) in [4.78, 5) is 9.68. The topological polar surface area (TPSA) is 40.1 Å². The largest absolute Gasteiger partial charge is 0.496 e. The first kappa shape index (κ1) is 18.6. The highest BCUT2D eigenvalue weighted by molar-refractivity contribution is 5.80. The van der Waals surface area contributed by atoms with Crippen LogP contribution in [0, 0.1) is 5.41 Å². The van der Waals surface area contributed by atoms with Gasteiger partial charge in [0, 0.05) is 32.2 Å². The first-order valence-electron chi connectivity index (χ1n) is 10.6. The molecule has 5 nitrogen and oxygen atoms in total. The molecule has 0 bridgehead atoms. The van der Waals surface area contributed by atoms with Crippen LogP contribution in [0.15, 0.2) is 29.3 Å². The summed E-state index contributed by atoms with van der Waals surface area (Å²) in [6.07, 6.45) is 8.11. The quantitative estimate of drug-likeness (QED) is 0.638. The third-order valence-corrected chi connectivity index (χ3v) is 6.90. The molecule has 1 atom stereocenters. The van der Waals surface area contributed by atoms with Gasteiger partial charge in [0.05, 0.1) is 13.2 Å². The van der Waals surface area contributed by atoms with E-state index in [-0.39, 0.29) is 0 Å². The van der Waals surface area contributed by atoms with Crippen molar-refractivity contribution in [2.24, 2.45) is 10.4 Å². The molecule has 2 aliphatic heterocycles. The average molecular weight is 371 g/mol. The van der Waals surface area contributed by atoms with Crippen LogP contribution in [0.2, 0.25) is 0 Å². The van der Waals surface area contributed by atoms with E-state index in [1.165, 1.54) is 50.6 Å². The summed E-state index contributed by atoms with van der Waals surface area (Å²) in [6, 6.07) is 8.79. The number of methoxy groups -OCH3 is 1. The molecule has 1 spiro atoms. The Morgan fingerprint density at radius 2 is 1.93 bits per heavy atom. The zero-order valence-corrected chi connectivity index (χ0v) is 16.9. The van der Waals surface area contributed by atoms with Crippen molar-refractivity contribution in [1.29, 1.82) is 0 Å². The van der Waals surface area contributed by atoms with Crippen LogP contribution in [0.5, 0.6) is 5.75 Å². The van der Waals surface area contributed by atoms with Gasteiger partial charge < -0.3 is 15.0 Å². The fraction of sp³-hybridized carbons (Fsp3) is 0.682. The first-order chi connectivity index (χ1) is 13.2. The normalized spacial score (nSPS) is 23.5. The lowest BCUT2D eigenvalue weighted by molar-refractivity contribution is 0.151. The molecule has 1 aromatic carbocycles. The van der Waals surface area contributed by atoms with Crippen molar-refractivity contribution in [1.82, 2.24) is 15.1 Å². The van der Waals surface area contributed by atoms with Crippen LogP contribution in [0.25, 0.3) is 0 Å². The van der Waals surface area contributed by atoms with Gasteiger partial charge in [-0.25, -0.2) is 0 Å². The standard InChI is InChI=1S/C22H34N4O/c1-23-21(26-15-12-22(17-26)10-7-11-22)24-16-19(25-13-5-6-14-25)18-8-3-4-9-20(18)27-2/h3-4,8-9,19H,5-7,10-17H2,1-2H3,(H,23,24). The fourth-order valence-corrected chi connectivity index (χ4v) is 5.15. The molecule has 27 heavy (non-hydrogen) atoms. The molecule has 1 unspecified atom stereocenters. The highest BCUT2D eigenvalue weighted by atomic mass is 16.5. The molecule has 148 valence electrons. The molecule has 1 saturated carbocycles. The number of hydrogen-bond acceptors (Lipinski definition) is 3. The molecule has 1 aliphatic carbocycles. The van der Waals surface area contributed by atoms with Crippen LogP contribution in [0.4, 0.5) is 0 Å². The van der Waals surface area contributed by atoms with E-state index in [4.69, 9.17) is 4.74 Å². The molecule has 0 amide bonds. The Balaban J connectivity index is 1.46. The molecular formula is C22H34N4O. The molecule has 3 fully saturated rings. The minimum Gasteiger partial charge on any atom is -0.496 e. The van der Waals surface area contributed by atoms with E-state index < -0.39 is 0 Å². The van der Waals surface area contributed by atoms with E-state index in [1.54, 1.807) is 7.11 Å². The zero-order chi connectivity index (χ0) is 18.7. The van der Waals surface area contributed by atoms with Crippen molar-refractivity contribution in [3.05, 3.63) is 29.8 Å². The maximum atomic E-state index is 5.67. The second-order valence-electron chi connectivity index (χ2n) is 8.45. The van der Waals surface area contributed by atoms with E-state index in [2.05, 4.69) is 44.4 Å². The number of aliphatic imine (C=N–C) groups is 1. The van der Waals surface area contributed by atoms with Gasteiger partial charge in [0.25, 0.3) is 0 Å². The van der Waals surface area contributed by atoms with Crippen LogP contribution in [0.3, 0.4) is 0 Å². The number of hydrogen-bond donors (Lipinski definition) is 1. The Hall–Kier alpha value is -1.75. The Kier molecular flexibility index (Phi) is 5.58. The molecule has 2 heterocycles. The SMILES string of the molecule is CN=C(NCC(c1ccccc1OC)N1CCCC1)N1CCC2(CCC2)C1. The summed E-state index contributed by atoms with van der Waals surface area (Å²) in [5.41, 5.74) is 1.87. The minimum absolute atomic E-state index is 0.320. The summed E-state index contributed by atoms with van der Waals surface area (Å²) in [5.74, 6) is 2.05. The summed E-state index contributed by atoms with van der Waals surface area (Å²) >= 11 is 0. The van der Waals surface area contributed by atoms with Crippen molar-refractivity contribution < 1.29 is 4.74 Å². The first-order valence-corrected chi connectivity index (χ1v) is 10.6. The lowest BCUT2D eigenvalue weighted by Gasteiger charge is -2.38. The third kappa shape index (κ3) is 3.79. The molecule has 1 aromatic rings. The Labute approximate surface area is 163 Å². The van der Waals surface area contributed by atoms with Crippen LogP contribution in [-0.4, -0.2) is 62.6 Å². The number of ether oxygens (including phenoxy) is 1. The smallest absolute Gasteiger partial charge is 0.193 e. The molecule has 3 aliphatic rings. The van der Waals surface area contributed by atoms with Crippen molar-refractivity contribution >= 4 is 5.96 Å². The lowest BCUT2D eigenvalue weighted by atomic mass is 9.68. The van der Waals surface area contributed by atoms with Gasteiger partial charge in [-0.1, -0.05) is 24.6 Å². The van der Waals surface area contributed by atoms with E-state index in [0.29, 0.717) is 11.5 Å². The van der Waals surface area contributed by atoms with E-state index >= 15 is 0 Å². The molecule has 4 rings (SSSR count). The predicted octanol–water partition coefficient (Wildman–Crippen LogP) is 3.28. The maximum absolute atomic E-state index is 5.67. The average Bonchev–Trinajstić information content (AvgIpc) is 3.35. The molecular weight excluding hydrogens is 336 g/mol. The van der Waals surface area contributed by atoms with Gasteiger partial charge in [0.1, 0.15) is 5.75 Å². The summed E-state index contributed by atoms with van der Waals surface area (Å²) < 4.78 is 5.67. The lowest BCUT2D eigenvalue weighted by Crippen LogP contribution is -2.45. The fourth-order valence-electron chi connectivity index (χ4n) is 5.15. The van der Waals surface area contributed by atoms with Gasteiger partial charge in [-0.2, -0.15) is 0 Å². The second kappa shape index (κ2) is 8.09. The molecule has 0 aromatic heterocycles. The predicted molar refractivity (Wildman–Crippen MR) is 110 cm³/mol. The van der Waals surface area contributed by atoms with Gasteiger partial charge in [-0.3, -0.25) is 9.89 Å². The van der Waals surface area contributed by atoms with Crippen molar-refractivity contribution in [2.75, 3.05) is 46.9 Å². The number of rotatable bonds is 5. The minimum atomic E-state index is 0.320. The van der Waals surface area contributed by atoms with Gasteiger partial charge in [0.2, 0.25) is 0 Å². The number of benzene rings is 1. The van der Waals surface area contributed by atoms with Crippen molar-refractivity contribution in [3.63, 3.8) is 0 Å². The van der Waals surface area contributed by atoms with Crippen molar-refractivity contribution in [3.8, 4) is 5.75 Å². The Morgan fingerprint density at radius 3 is 2.56 bits per heavy atom. The molecule has 1 N–H and O–H groups in total. The summed E-state index contributed by atoms with van der Waals surface area (Å²) in [6.45, 7) is 5.51. The number of guanidine groups is 1. The Morgan fingerprint density at radius 1 is 1.15 bits per heavy atom. The Bertz CT molecular complexity index is 664. The molecule has 0 radical (unpaired) electrons. The number of nitrogens with zero attached hydrogens (tertiary/aromatic N) is 3. The van der Waals surface area contributed by atoms with E-state index in [0.717, 1.165) is 37.9 Å². The summed E-state index contributed by atoms with van der Waals surface area (Å²) in [5, 5.41) is 3.70. The number of likely N-dealkylation sites (tertiary alicyclic amines) is 2. The van der Waals surface area contributed by atoms with Gasteiger partial charge in [0.15, 0.2) is 5.96 Å². The maximum Gasteiger partial charge on any atom is 0.193 e. The van der Waals surface area contributed by atoms with Gasteiger partial charge >= 0.3 is 0 Å². The highest BCUT2D eigenvalue weighted by Crippen LogP contribution is 2.47. The monoisotopic (exact) mass is 370 g/mol. The van der Waals surface area contributed by atoms with Gasteiger partial charge in [-0.05, 0) is 56.7 Å². The van der Waals surface area contributed by atoms with E-state index in [1.807, 2.05) is 7.05 Å². The summed E-state index contributed by atoms with van der Waals surface area (Å²) in [7, 11) is 3.69. The van der Waals surface area contributed by atoms with Crippen LogP contribution in [0.1, 0.15) is 50.1 Å². The highest BCUT2D eigenvalue weighted by Gasteiger charge is 2.43. The molecule has 2 saturated heterocycles. The number of para-hydroxylation sites is 1. The second-order valence-corrected chi connectivity index (χ2v) is 8.45. The van der Waals surface area contributed by atoms with Crippen LogP contribution < -0.4 is 10.1 Å². The zero-order valence-electron chi connectivity index (χ0n) is 16.9. The van der Waals surface area contributed by atoms with Crippen LogP contribution >= 0.6 is 0 Å². The van der Waals surface area contributed by atoms with Crippen molar-refractivity contribution in [2.45, 2.75) is 44.6 Å².